The van der Waals surface area contributed by atoms with E-state index in [0.717, 1.165) is 12.8 Å². The van der Waals surface area contributed by atoms with Crippen molar-refractivity contribution < 1.29 is 8.42 Å². The lowest BCUT2D eigenvalue weighted by Gasteiger charge is -2.25. The van der Waals surface area contributed by atoms with Crippen molar-refractivity contribution in [3.63, 3.8) is 0 Å². The fourth-order valence-electron chi connectivity index (χ4n) is 1.92. The Morgan fingerprint density at radius 1 is 1.44 bits per heavy atom. The van der Waals surface area contributed by atoms with Crippen LogP contribution in [-0.2, 0) is 10.0 Å². The predicted molar refractivity (Wildman–Crippen MR) is 70.9 cm³/mol. The second kappa shape index (κ2) is 5.67. The molecular formula is C12H19N3O2S. The number of hydrogen-bond acceptors (Lipinski definition) is 4. The van der Waals surface area contributed by atoms with E-state index in [2.05, 4.69) is 15.0 Å². The number of anilines is 1. The van der Waals surface area contributed by atoms with Crippen molar-refractivity contribution in [3.8, 4) is 0 Å². The van der Waals surface area contributed by atoms with Crippen molar-refractivity contribution in [3.05, 3.63) is 18.3 Å². The van der Waals surface area contributed by atoms with Crippen LogP contribution < -0.4 is 10.0 Å². The van der Waals surface area contributed by atoms with Crippen molar-refractivity contribution in [2.45, 2.75) is 31.2 Å². The monoisotopic (exact) mass is 269 g/mol. The molecule has 0 saturated heterocycles. The first-order valence-corrected chi connectivity index (χ1v) is 7.80. The number of rotatable bonds is 6. The Kier molecular flexibility index (Phi) is 4.19. The quantitative estimate of drug-likeness (QED) is 0.822. The minimum Gasteiger partial charge on any atom is -0.383 e. The Morgan fingerprint density at radius 3 is 2.83 bits per heavy atom. The van der Waals surface area contributed by atoms with E-state index < -0.39 is 10.0 Å². The molecule has 100 valence electrons. The molecule has 0 bridgehead atoms. The van der Waals surface area contributed by atoms with Crippen LogP contribution in [0.1, 0.15) is 26.2 Å². The molecule has 0 radical (unpaired) electrons. The molecule has 1 aliphatic carbocycles. The number of nitrogens with zero attached hydrogens (tertiary/aromatic N) is 1. The smallest absolute Gasteiger partial charge is 0.260 e. The lowest BCUT2D eigenvalue weighted by atomic mass is 9.86. The molecule has 0 spiro atoms. The molecule has 2 N–H and O–H groups in total. The van der Waals surface area contributed by atoms with E-state index in [1.807, 2.05) is 6.92 Å². The van der Waals surface area contributed by atoms with Gasteiger partial charge in [0.15, 0.2) is 5.03 Å². The third kappa shape index (κ3) is 3.00. The first kappa shape index (κ1) is 13.3. The van der Waals surface area contributed by atoms with Gasteiger partial charge in [-0.3, -0.25) is 0 Å². The number of aromatic nitrogens is 1. The van der Waals surface area contributed by atoms with Crippen molar-refractivity contribution in [1.29, 1.82) is 0 Å². The largest absolute Gasteiger partial charge is 0.383 e. The van der Waals surface area contributed by atoms with Gasteiger partial charge in [-0.05, 0) is 37.8 Å². The minimum atomic E-state index is -3.51. The molecule has 0 unspecified atom stereocenters. The molecule has 1 aliphatic rings. The lowest BCUT2D eigenvalue weighted by molar-refractivity contribution is 0.316. The van der Waals surface area contributed by atoms with Crippen LogP contribution in [0.15, 0.2) is 23.4 Å². The number of pyridine rings is 1. The molecule has 0 amide bonds. The Morgan fingerprint density at radius 2 is 2.22 bits per heavy atom. The molecular weight excluding hydrogens is 250 g/mol. The van der Waals surface area contributed by atoms with Gasteiger partial charge in [-0.15, -0.1) is 0 Å². The van der Waals surface area contributed by atoms with Crippen LogP contribution >= 0.6 is 0 Å². The zero-order chi connectivity index (χ0) is 13.0. The van der Waals surface area contributed by atoms with Gasteiger partial charge in [0.05, 0.1) is 5.69 Å². The van der Waals surface area contributed by atoms with Crippen LogP contribution in [0.4, 0.5) is 5.69 Å². The molecule has 1 aromatic heterocycles. The Hall–Kier alpha value is -1.14. The van der Waals surface area contributed by atoms with Gasteiger partial charge in [-0.25, -0.2) is 18.1 Å². The topological polar surface area (TPSA) is 71.1 Å². The molecule has 0 atom stereocenters. The highest BCUT2D eigenvalue weighted by molar-refractivity contribution is 7.89. The van der Waals surface area contributed by atoms with E-state index >= 15 is 0 Å². The maximum Gasteiger partial charge on any atom is 0.260 e. The van der Waals surface area contributed by atoms with Crippen molar-refractivity contribution >= 4 is 15.7 Å². The third-order valence-corrected chi connectivity index (χ3v) is 4.56. The maximum absolute atomic E-state index is 12.2. The minimum absolute atomic E-state index is 0.0890. The highest BCUT2D eigenvalue weighted by Crippen LogP contribution is 2.26. The first-order chi connectivity index (χ1) is 8.63. The molecule has 0 aromatic carbocycles. The second-order valence-corrected chi connectivity index (χ2v) is 6.22. The van der Waals surface area contributed by atoms with Crippen molar-refractivity contribution in [2.24, 2.45) is 5.92 Å². The van der Waals surface area contributed by atoms with Crippen molar-refractivity contribution in [1.82, 2.24) is 9.71 Å². The summed E-state index contributed by atoms with van der Waals surface area (Å²) in [6.45, 7) is 3.10. The van der Waals surface area contributed by atoms with Gasteiger partial charge in [0, 0.05) is 19.3 Å². The molecule has 1 fully saturated rings. The summed E-state index contributed by atoms with van der Waals surface area (Å²) in [7, 11) is -3.51. The number of nitrogens with one attached hydrogen (secondary N) is 2. The van der Waals surface area contributed by atoms with E-state index in [1.54, 1.807) is 12.1 Å². The second-order valence-electron chi connectivity index (χ2n) is 4.54. The van der Waals surface area contributed by atoms with Crippen LogP contribution in [0.2, 0.25) is 0 Å². The molecule has 5 nitrogen and oxygen atoms in total. The molecule has 1 aromatic rings. The Labute approximate surface area is 108 Å². The van der Waals surface area contributed by atoms with E-state index in [9.17, 15) is 8.42 Å². The summed E-state index contributed by atoms with van der Waals surface area (Å²) in [6, 6.07) is 3.46. The van der Waals surface area contributed by atoms with Gasteiger partial charge in [0.25, 0.3) is 10.0 Å². The van der Waals surface area contributed by atoms with Gasteiger partial charge in [-0.2, -0.15) is 0 Å². The highest BCUT2D eigenvalue weighted by atomic mass is 32.2. The Bertz CT molecular complexity index is 498. The van der Waals surface area contributed by atoms with Crippen LogP contribution in [0.25, 0.3) is 0 Å². The van der Waals surface area contributed by atoms with Crippen LogP contribution in [-0.4, -0.2) is 26.5 Å². The molecule has 6 heteroatoms. The summed E-state index contributed by atoms with van der Waals surface area (Å²) in [4.78, 5) is 3.98. The molecule has 0 aliphatic heterocycles. The molecule has 18 heavy (non-hydrogen) atoms. The fraction of sp³-hybridized carbons (Fsp3) is 0.583. The van der Waals surface area contributed by atoms with Crippen molar-refractivity contribution in [2.75, 3.05) is 18.4 Å². The Balaban J connectivity index is 2.12. The summed E-state index contributed by atoms with van der Waals surface area (Å²) < 4.78 is 27.0. The molecule has 1 saturated carbocycles. The van der Waals surface area contributed by atoms with Crippen LogP contribution in [0.3, 0.4) is 0 Å². The van der Waals surface area contributed by atoms with Crippen LogP contribution in [0, 0.1) is 5.92 Å². The van der Waals surface area contributed by atoms with E-state index in [0.29, 0.717) is 24.7 Å². The summed E-state index contributed by atoms with van der Waals surface area (Å²) in [5, 5.41) is 3.11. The summed E-state index contributed by atoms with van der Waals surface area (Å²) in [5.74, 6) is 0.492. The predicted octanol–water partition coefficient (Wildman–Crippen LogP) is 1.59. The highest BCUT2D eigenvalue weighted by Gasteiger charge is 2.23. The average molecular weight is 269 g/mol. The number of hydrogen-bond donors (Lipinski definition) is 2. The molecule has 2 rings (SSSR count). The SMILES string of the molecule is CCNc1cccnc1S(=O)(=O)NCC1CCC1. The van der Waals surface area contributed by atoms with E-state index in [1.165, 1.54) is 12.6 Å². The number of sulfonamides is 1. The van der Waals surface area contributed by atoms with Gasteiger partial charge in [0.2, 0.25) is 0 Å². The van der Waals surface area contributed by atoms with E-state index in [-0.39, 0.29) is 5.03 Å². The van der Waals surface area contributed by atoms with Gasteiger partial charge in [-0.1, -0.05) is 6.42 Å². The summed E-state index contributed by atoms with van der Waals surface area (Å²) in [5.41, 5.74) is 0.557. The van der Waals surface area contributed by atoms with Gasteiger partial charge >= 0.3 is 0 Å². The standard InChI is InChI=1S/C12H19N3O2S/c1-2-13-11-7-4-8-14-12(11)18(16,17)15-9-10-5-3-6-10/h4,7-8,10,13,15H,2-3,5-6,9H2,1H3. The fourth-order valence-corrected chi connectivity index (χ4v) is 3.14. The third-order valence-electron chi connectivity index (χ3n) is 3.18. The zero-order valence-electron chi connectivity index (χ0n) is 10.5. The summed E-state index contributed by atoms with van der Waals surface area (Å²) >= 11 is 0. The zero-order valence-corrected chi connectivity index (χ0v) is 11.3. The van der Waals surface area contributed by atoms with Gasteiger partial charge < -0.3 is 5.32 Å². The normalized spacial score (nSPS) is 16.3. The average Bonchev–Trinajstić information content (AvgIpc) is 2.28. The summed E-state index contributed by atoms with van der Waals surface area (Å²) in [6.07, 6.45) is 4.94. The maximum atomic E-state index is 12.2. The van der Waals surface area contributed by atoms with E-state index in [4.69, 9.17) is 0 Å². The molecule has 1 heterocycles. The van der Waals surface area contributed by atoms with Crippen LogP contribution in [0.5, 0.6) is 0 Å². The van der Waals surface area contributed by atoms with Gasteiger partial charge in [0.1, 0.15) is 0 Å². The first-order valence-electron chi connectivity index (χ1n) is 6.32. The lowest BCUT2D eigenvalue weighted by Crippen LogP contribution is -2.33.